The monoisotopic (exact) mass is 341 g/mol. The van der Waals surface area contributed by atoms with Crippen molar-refractivity contribution in [2.75, 3.05) is 18.5 Å². The van der Waals surface area contributed by atoms with Crippen LogP contribution in [-0.2, 0) is 4.74 Å². The quantitative estimate of drug-likeness (QED) is 0.802. The van der Waals surface area contributed by atoms with Crippen LogP contribution < -0.4 is 10.1 Å². The fraction of sp³-hybridized carbons (Fsp3) is 0.300. The molecule has 0 aromatic heterocycles. The summed E-state index contributed by atoms with van der Waals surface area (Å²) in [5.41, 5.74) is 3.28. The fourth-order valence-electron chi connectivity index (χ4n) is 2.40. The first-order valence-electron chi connectivity index (χ1n) is 8.28. The molecule has 1 amide bonds. The van der Waals surface area contributed by atoms with Crippen molar-refractivity contribution in [3.05, 3.63) is 58.7 Å². The van der Waals surface area contributed by atoms with Gasteiger partial charge < -0.3 is 14.8 Å². The lowest BCUT2D eigenvalue weighted by molar-refractivity contribution is 0.0526. The molecular formula is C20H23NO4. The highest BCUT2D eigenvalue weighted by Crippen LogP contribution is 2.22. The Morgan fingerprint density at radius 3 is 2.28 bits per heavy atom. The smallest absolute Gasteiger partial charge is 0.338 e. The minimum Gasteiger partial charge on any atom is -0.494 e. The molecule has 0 saturated heterocycles. The van der Waals surface area contributed by atoms with Crippen LogP contribution in [0.1, 0.15) is 45.7 Å². The van der Waals surface area contributed by atoms with Gasteiger partial charge in [-0.3, -0.25) is 4.79 Å². The minimum atomic E-state index is -0.407. The Bertz CT molecular complexity index is 783. The standard InChI is InChI=1S/C20H23NO4/c1-5-24-18-10-9-15(11-14(18)4)19(22)21-17-12-16(8-7-13(17)3)20(23)25-6-2/h7-12H,5-6H2,1-4H3,(H,21,22). The van der Waals surface area contributed by atoms with Gasteiger partial charge in [0.15, 0.2) is 0 Å². The molecule has 2 rings (SSSR count). The van der Waals surface area contributed by atoms with E-state index in [1.165, 1.54) is 0 Å². The molecule has 132 valence electrons. The number of esters is 1. The third-order valence-corrected chi connectivity index (χ3v) is 3.73. The summed E-state index contributed by atoms with van der Waals surface area (Å²) in [6.07, 6.45) is 0. The Labute approximate surface area is 148 Å². The zero-order valence-electron chi connectivity index (χ0n) is 15.0. The maximum absolute atomic E-state index is 12.5. The number of amides is 1. The zero-order valence-corrected chi connectivity index (χ0v) is 15.0. The van der Waals surface area contributed by atoms with Crippen molar-refractivity contribution < 1.29 is 19.1 Å². The fourth-order valence-corrected chi connectivity index (χ4v) is 2.40. The van der Waals surface area contributed by atoms with Gasteiger partial charge >= 0.3 is 5.97 Å². The number of carbonyl (C=O) groups excluding carboxylic acids is 2. The van der Waals surface area contributed by atoms with Gasteiger partial charge in [0.05, 0.1) is 18.8 Å². The first kappa shape index (κ1) is 18.5. The van der Waals surface area contributed by atoms with E-state index in [1.807, 2.05) is 20.8 Å². The van der Waals surface area contributed by atoms with Crippen LogP contribution >= 0.6 is 0 Å². The van der Waals surface area contributed by atoms with Crippen LogP contribution in [0.4, 0.5) is 5.69 Å². The van der Waals surface area contributed by atoms with Crippen LogP contribution in [0.3, 0.4) is 0 Å². The molecular weight excluding hydrogens is 318 g/mol. The summed E-state index contributed by atoms with van der Waals surface area (Å²) in [7, 11) is 0. The summed E-state index contributed by atoms with van der Waals surface area (Å²) in [6, 6.07) is 10.4. The largest absolute Gasteiger partial charge is 0.494 e. The van der Waals surface area contributed by atoms with E-state index in [2.05, 4.69) is 5.32 Å². The number of carbonyl (C=O) groups is 2. The van der Waals surface area contributed by atoms with E-state index in [9.17, 15) is 9.59 Å². The summed E-state index contributed by atoms with van der Waals surface area (Å²) >= 11 is 0. The van der Waals surface area contributed by atoms with E-state index in [0.717, 1.165) is 16.9 Å². The number of hydrogen-bond donors (Lipinski definition) is 1. The van der Waals surface area contributed by atoms with E-state index in [-0.39, 0.29) is 5.91 Å². The average Bonchev–Trinajstić information content (AvgIpc) is 2.59. The van der Waals surface area contributed by atoms with Crippen molar-refractivity contribution in [1.82, 2.24) is 0 Å². The van der Waals surface area contributed by atoms with Crippen molar-refractivity contribution in [3.8, 4) is 5.75 Å². The molecule has 0 heterocycles. The first-order chi connectivity index (χ1) is 12.0. The lowest BCUT2D eigenvalue weighted by Crippen LogP contribution is -2.14. The van der Waals surface area contributed by atoms with Crippen LogP contribution in [0.2, 0.25) is 0 Å². The third kappa shape index (κ3) is 4.59. The summed E-state index contributed by atoms with van der Waals surface area (Å²) < 4.78 is 10.5. The molecule has 25 heavy (non-hydrogen) atoms. The SMILES string of the molecule is CCOC(=O)c1ccc(C)c(NC(=O)c2ccc(OCC)c(C)c2)c1. The summed E-state index contributed by atoms with van der Waals surface area (Å²) in [5, 5.41) is 2.86. The second-order valence-corrected chi connectivity index (χ2v) is 5.62. The molecule has 0 atom stereocenters. The van der Waals surface area contributed by atoms with Crippen molar-refractivity contribution in [1.29, 1.82) is 0 Å². The number of anilines is 1. The van der Waals surface area contributed by atoms with Gasteiger partial charge in [-0.05, 0) is 69.2 Å². The topological polar surface area (TPSA) is 64.6 Å². The number of hydrogen-bond acceptors (Lipinski definition) is 4. The van der Waals surface area contributed by atoms with Crippen LogP contribution in [-0.4, -0.2) is 25.1 Å². The van der Waals surface area contributed by atoms with Gasteiger partial charge in [-0.2, -0.15) is 0 Å². The number of nitrogens with one attached hydrogen (secondary N) is 1. The molecule has 0 aliphatic carbocycles. The first-order valence-corrected chi connectivity index (χ1v) is 8.28. The van der Waals surface area contributed by atoms with Crippen LogP contribution in [0, 0.1) is 13.8 Å². The van der Waals surface area contributed by atoms with Gasteiger partial charge in [0.1, 0.15) is 5.75 Å². The normalized spacial score (nSPS) is 10.2. The molecule has 0 unspecified atom stereocenters. The van der Waals surface area contributed by atoms with Crippen LogP contribution in [0.15, 0.2) is 36.4 Å². The summed E-state index contributed by atoms with van der Waals surface area (Å²) in [4.78, 5) is 24.4. The maximum atomic E-state index is 12.5. The number of aryl methyl sites for hydroxylation is 2. The molecule has 0 radical (unpaired) electrons. The van der Waals surface area contributed by atoms with Gasteiger partial charge in [-0.15, -0.1) is 0 Å². The molecule has 0 aliphatic heterocycles. The number of benzene rings is 2. The Balaban J connectivity index is 2.21. The van der Waals surface area contributed by atoms with Gasteiger partial charge in [0.25, 0.3) is 5.91 Å². The summed E-state index contributed by atoms with van der Waals surface area (Å²) in [6.45, 7) is 8.32. The third-order valence-electron chi connectivity index (χ3n) is 3.73. The molecule has 0 aliphatic rings. The molecule has 2 aromatic rings. The Morgan fingerprint density at radius 2 is 1.64 bits per heavy atom. The van der Waals surface area contributed by atoms with Gasteiger partial charge in [0, 0.05) is 11.3 Å². The van der Waals surface area contributed by atoms with Crippen LogP contribution in [0.25, 0.3) is 0 Å². The van der Waals surface area contributed by atoms with Crippen LogP contribution in [0.5, 0.6) is 5.75 Å². The highest BCUT2D eigenvalue weighted by Gasteiger charge is 2.13. The number of ether oxygens (including phenoxy) is 2. The lowest BCUT2D eigenvalue weighted by atomic mass is 10.1. The van der Waals surface area contributed by atoms with E-state index >= 15 is 0 Å². The Kier molecular flexibility index (Phi) is 6.17. The summed E-state index contributed by atoms with van der Waals surface area (Å²) in [5.74, 6) is 0.115. The molecule has 0 saturated carbocycles. The predicted octanol–water partition coefficient (Wildman–Crippen LogP) is 4.13. The minimum absolute atomic E-state index is 0.241. The molecule has 1 N–H and O–H groups in total. The molecule has 2 aromatic carbocycles. The molecule has 5 nitrogen and oxygen atoms in total. The Morgan fingerprint density at radius 1 is 0.920 bits per heavy atom. The van der Waals surface area contributed by atoms with Crippen molar-refractivity contribution in [2.24, 2.45) is 0 Å². The van der Waals surface area contributed by atoms with E-state index in [1.54, 1.807) is 43.3 Å². The zero-order chi connectivity index (χ0) is 18.4. The highest BCUT2D eigenvalue weighted by molar-refractivity contribution is 6.05. The van der Waals surface area contributed by atoms with Gasteiger partial charge in [-0.1, -0.05) is 6.07 Å². The van der Waals surface area contributed by atoms with Gasteiger partial charge in [0.2, 0.25) is 0 Å². The highest BCUT2D eigenvalue weighted by atomic mass is 16.5. The van der Waals surface area contributed by atoms with E-state index < -0.39 is 5.97 Å². The lowest BCUT2D eigenvalue weighted by Gasteiger charge is -2.12. The second kappa shape index (κ2) is 8.33. The van der Waals surface area contributed by atoms with E-state index in [0.29, 0.717) is 30.0 Å². The van der Waals surface area contributed by atoms with E-state index in [4.69, 9.17) is 9.47 Å². The predicted molar refractivity (Wildman–Crippen MR) is 97.4 cm³/mol. The molecule has 0 fully saturated rings. The van der Waals surface area contributed by atoms with Crippen molar-refractivity contribution in [3.63, 3.8) is 0 Å². The molecule has 0 spiro atoms. The van der Waals surface area contributed by atoms with Crippen molar-refractivity contribution >= 4 is 17.6 Å². The van der Waals surface area contributed by atoms with Gasteiger partial charge in [-0.25, -0.2) is 4.79 Å². The average molecular weight is 341 g/mol. The molecule has 5 heteroatoms. The maximum Gasteiger partial charge on any atom is 0.338 e. The van der Waals surface area contributed by atoms with Crippen molar-refractivity contribution in [2.45, 2.75) is 27.7 Å². The molecule has 0 bridgehead atoms. The second-order valence-electron chi connectivity index (χ2n) is 5.62. The number of rotatable bonds is 6. The Hall–Kier alpha value is -2.82.